The number of hydrogen-bond donors (Lipinski definition) is 1. The molecule has 0 spiro atoms. The van der Waals surface area contributed by atoms with Crippen LogP contribution in [0.4, 0.5) is 0 Å². The van der Waals surface area contributed by atoms with E-state index in [2.05, 4.69) is 22.3 Å². The molecule has 102 valence electrons. The van der Waals surface area contributed by atoms with Crippen LogP contribution in [0, 0.1) is 0 Å². The number of ether oxygens (including phenoxy) is 1. The molecule has 1 heterocycles. The topological polar surface area (TPSA) is 50.8 Å². The molecule has 0 bridgehead atoms. The zero-order valence-electron chi connectivity index (χ0n) is 10.8. The third-order valence-corrected chi connectivity index (χ3v) is 3.67. The lowest BCUT2D eigenvalue weighted by atomic mass is 9.92. The van der Waals surface area contributed by atoms with Crippen LogP contribution in [0.25, 0.3) is 0 Å². The minimum absolute atomic E-state index is 0.297. The number of H-pyrrole nitrogens is 1. The summed E-state index contributed by atoms with van der Waals surface area (Å²) in [6, 6.07) is 3.81. The predicted octanol–water partition coefficient (Wildman–Crippen LogP) is 3.86. The Balaban J connectivity index is 2.28. The molecule has 1 N–H and O–H groups in total. The van der Waals surface area contributed by atoms with Crippen LogP contribution in [0.5, 0.6) is 5.75 Å². The van der Waals surface area contributed by atoms with Gasteiger partial charge in [0.1, 0.15) is 0 Å². The molecule has 0 saturated carbocycles. The van der Waals surface area contributed by atoms with Gasteiger partial charge in [-0.05, 0) is 36.5 Å². The fraction of sp³-hybridized carbons (Fsp3) is 0.385. The van der Waals surface area contributed by atoms with E-state index in [4.69, 9.17) is 27.9 Å². The van der Waals surface area contributed by atoms with Crippen LogP contribution in [-0.4, -0.2) is 22.5 Å². The van der Waals surface area contributed by atoms with Gasteiger partial charge in [0.25, 0.3) is 0 Å². The standard InChI is InChI=1S/C13H15Cl2N3O/c1-3-8(4-10-7-16-18-17-10)9-5-11(14)13(19-2)12(15)6-9/h5-8H,3-4H2,1-2H3,(H,16,17,18). The third kappa shape index (κ3) is 3.19. The number of hydrogen-bond acceptors (Lipinski definition) is 3. The minimum Gasteiger partial charge on any atom is -0.494 e. The van der Waals surface area contributed by atoms with E-state index in [-0.39, 0.29) is 0 Å². The lowest BCUT2D eigenvalue weighted by Gasteiger charge is -2.16. The van der Waals surface area contributed by atoms with Crippen LogP contribution in [0.1, 0.15) is 30.5 Å². The summed E-state index contributed by atoms with van der Waals surface area (Å²) < 4.78 is 5.16. The number of aromatic nitrogens is 3. The summed E-state index contributed by atoms with van der Waals surface area (Å²) in [5.74, 6) is 0.814. The summed E-state index contributed by atoms with van der Waals surface area (Å²) in [5.41, 5.74) is 2.01. The number of nitrogens with one attached hydrogen (secondary N) is 1. The first-order valence-electron chi connectivity index (χ1n) is 6.03. The second-order valence-corrected chi connectivity index (χ2v) is 5.10. The maximum Gasteiger partial charge on any atom is 0.156 e. The number of benzene rings is 1. The van der Waals surface area contributed by atoms with Gasteiger partial charge in [-0.25, -0.2) is 0 Å². The van der Waals surface area contributed by atoms with Crippen molar-refractivity contribution >= 4 is 23.2 Å². The summed E-state index contributed by atoms with van der Waals surface area (Å²) in [5, 5.41) is 11.6. The number of methoxy groups -OCH3 is 1. The first-order valence-corrected chi connectivity index (χ1v) is 6.78. The van der Waals surface area contributed by atoms with E-state index in [0.717, 1.165) is 24.1 Å². The molecule has 0 saturated heterocycles. The number of nitrogens with zero attached hydrogens (tertiary/aromatic N) is 2. The Labute approximate surface area is 122 Å². The first-order chi connectivity index (χ1) is 9.15. The van der Waals surface area contributed by atoms with Gasteiger partial charge in [-0.2, -0.15) is 15.4 Å². The smallest absolute Gasteiger partial charge is 0.156 e. The van der Waals surface area contributed by atoms with Gasteiger partial charge in [-0.1, -0.05) is 30.1 Å². The Kier molecular flexibility index (Phi) is 4.66. The summed E-state index contributed by atoms with van der Waals surface area (Å²) in [4.78, 5) is 0. The molecule has 0 fully saturated rings. The second-order valence-electron chi connectivity index (χ2n) is 4.29. The Bertz CT molecular complexity index is 520. The zero-order valence-corrected chi connectivity index (χ0v) is 12.3. The second kappa shape index (κ2) is 6.26. The molecule has 19 heavy (non-hydrogen) atoms. The maximum absolute atomic E-state index is 6.17. The van der Waals surface area contributed by atoms with Crippen molar-refractivity contribution in [3.63, 3.8) is 0 Å². The summed E-state index contributed by atoms with van der Waals surface area (Å²) in [6.45, 7) is 2.12. The molecule has 2 rings (SSSR count). The number of halogens is 2. The maximum atomic E-state index is 6.17. The Morgan fingerprint density at radius 3 is 2.47 bits per heavy atom. The van der Waals surface area contributed by atoms with Gasteiger partial charge in [-0.3, -0.25) is 0 Å². The van der Waals surface area contributed by atoms with E-state index in [1.165, 1.54) is 0 Å². The molecular weight excluding hydrogens is 285 g/mol. The van der Waals surface area contributed by atoms with Crippen LogP contribution < -0.4 is 4.74 Å². The highest BCUT2D eigenvalue weighted by molar-refractivity contribution is 6.37. The van der Waals surface area contributed by atoms with Gasteiger partial charge in [-0.15, -0.1) is 0 Å². The van der Waals surface area contributed by atoms with E-state index in [1.54, 1.807) is 13.3 Å². The number of aromatic amines is 1. The van der Waals surface area contributed by atoms with Gasteiger partial charge >= 0.3 is 0 Å². The van der Waals surface area contributed by atoms with Crippen molar-refractivity contribution in [3.05, 3.63) is 39.6 Å². The monoisotopic (exact) mass is 299 g/mol. The molecule has 1 unspecified atom stereocenters. The molecule has 0 radical (unpaired) electrons. The highest BCUT2D eigenvalue weighted by Crippen LogP contribution is 2.37. The quantitative estimate of drug-likeness (QED) is 0.912. The van der Waals surface area contributed by atoms with Gasteiger partial charge < -0.3 is 4.74 Å². The normalized spacial score (nSPS) is 12.4. The van der Waals surface area contributed by atoms with Gasteiger partial charge in [0.2, 0.25) is 0 Å². The minimum atomic E-state index is 0.297. The molecule has 6 heteroatoms. The molecule has 1 aromatic carbocycles. The van der Waals surface area contributed by atoms with Crippen molar-refractivity contribution in [3.8, 4) is 5.75 Å². The van der Waals surface area contributed by atoms with E-state index >= 15 is 0 Å². The highest BCUT2D eigenvalue weighted by Gasteiger charge is 2.16. The van der Waals surface area contributed by atoms with E-state index in [9.17, 15) is 0 Å². The van der Waals surface area contributed by atoms with Crippen molar-refractivity contribution in [2.75, 3.05) is 7.11 Å². The molecule has 0 aliphatic carbocycles. The molecule has 0 aliphatic rings. The van der Waals surface area contributed by atoms with E-state index < -0.39 is 0 Å². The van der Waals surface area contributed by atoms with Crippen LogP contribution in [-0.2, 0) is 6.42 Å². The summed E-state index contributed by atoms with van der Waals surface area (Å²) in [7, 11) is 1.56. The van der Waals surface area contributed by atoms with Gasteiger partial charge in [0.05, 0.1) is 29.0 Å². The fourth-order valence-corrected chi connectivity index (χ4v) is 2.74. The van der Waals surface area contributed by atoms with Crippen molar-refractivity contribution in [2.24, 2.45) is 0 Å². The fourth-order valence-electron chi connectivity index (χ4n) is 2.08. The Hall–Kier alpha value is -1.26. The zero-order chi connectivity index (χ0) is 13.8. The van der Waals surface area contributed by atoms with Crippen molar-refractivity contribution in [1.82, 2.24) is 15.4 Å². The number of rotatable bonds is 5. The summed E-state index contributed by atoms with van der Waals surface area (Å²) in [6.07, 6.45) is 3.49. The molecule has 4 nitrogen and oxygen atoms in total. The lowest BCUT2D eigenvalue weighted by molar-refractivity contribution is 0.415. The molecule has 2 aromatic rings. The van der Waals surface area contributed by atoms with Gasteiger partial charge in [0, 0.05) is 0 Å². The van der Waals surface area contributed by atoms with Crippen LogP contribution in [0.3, 0.4) is 0 Å². The van der Waals surface area contributed by atoms with Crippen LogP contribution in [0.15, 0.2) is 18.3 Å². The first kappa shape index (κ1) is 14.2. The van der Waals surface area contributed by atoms with Crippen molar-refractivity contribution in [1.29, 1.82) is 0 Å². The molecular formula is C13H15Cl2N3O. The SMILES string of the molecule is CCC(Cc1cn[nH]n1)c1cc(Cl)c(OC)c(Cl)c1. The Morgan fingerprint density at radius 1 is 1.32 bits per heavy atom. The highest BCUT2D eigenvalue weighted by atomic mass is 35.5. The average molecular weight is 300 g/mol. The van der Waals surface area contributed by atoms with Crippen molar-refractivity contribution in [2.45, 2.75) is 25.7 Å². The van der Waals surface area contributed by atoms with Gasteiger partial charge in [0.15, 0.2) is 5.75 Å². The van der Waals surface area contributed by atoms with E-state index in [1.807, 2.05) is 12.1 Å². The average Bonchev–Trinajstić information content (AvgIpc) is 2.88. The van der Waals surface area contributed by atoms with Crippen molar-refractivity contribution < 1.29 is 4.74 Å². The largest absolute Gasteiger partial charge is 0.494 e. The molecule has 1 atom stereocenters. The lowest BCUT2D eigenvalue weighted by Crippen LogP contribution is -2.03. The molecule has 1 aromatic heterocycles. The predicted molar refractivity (Wildman–Crippen MR) is 76.1 cm³/mol. The Morgan fingerprint density at radius 2 is 2.00 bits per heavy atom. The summed E-state index contributed by atoms with van der Waals surface area (Å²) >= 11 is 12.3. The molecule has 0 aliphatic heterocycles. The molecule has 0 amide bonds. The third-order valence-electron chi connectivity index (χ3n) is 3.11. The van der Waals surface area contributed by atoms with Crippen LogP contribution >= 0.6 is 23.2 Å². The van der Waals surface area contributed by atoms with Crippen LogP contribution in [0.2, 0.25) is 10.0 Å². The van der Waals surface area contributed by atoms with E-state index in [0.29, 0.717) is 21.7 Å².